The summed E-state index contributed by atoms with van der Waals surface area (Å²) in [5.74, 6) is -1.67. The summed E-state index contributed by atoms with van der Waals surface area (Å²) < 4.78 is 4.91. The van der Waals surface area contributed by atoms with Gasteiger partial charge in [0.25, 0.3) is 5.91 Å². The van der Waals surface area contributed by atoms with Gasteiger partial charge in [-0.05, 0) is 37.1 Å². The van der Waals surface area contributed by atoms with E-state index in [1.54, 1.807) is 0 Å². The minimum absolute atomic E-state index is 0.00132. The lowest BCUT2D eigenvalue weighted by Crippen LogP contribution is -2.52. The SMILES string of the molecule is CCCC(C)(NC(=O)c1ccc(Cl)o1)C(=O)O. The molecule has 0 aliphatic heterocycles. The predicted octanol–water partition coefficient (Wildman–Crippen LogP) is 2.31. The summed E-state index contributed by atoms with van der Waals surface area (Å²) in [7, 11) is 0. The third kappa shape index (κ3) is 3.23. The highest BCUT2D eigenvalue weighted by atomic mass is 35.5. The molecular formula is C11H14ClNO4. The third-order valence-corrected chi connectivity index (χ3v) is 2.61. The highest BCUT2D eigenvalue weighted by Crippen LogP contribution is 2.17. The van der Waals surface area contributed by atoms with Gasteiger partial charge >= 0.3 is 5.97 Å². The van der Waals surface area contributed by atoms with Crippen molar-refractivity contribution in [2.24, 2.45) is 0 Å². The fourth-order valence-electron chi connectivity index (χ4n) is 1.47. The number of rotatable bonds is 5. The molecule has 5 nitrogen and oxygen atoms in total. The average molecular weight is 260 g/mol. The Bertz CT molecular complexity index is 429. The molecule has 6 heteroatoms. The Balaban J connectivity index is 2.81. The van der Waals surface area contributed by atoms with Crippen molar-refractivity contribution < 1.29 is 19.1 Å². The Hall–Kier alpha value is -1.49. The Kier molecular flexibility index (Phi) is 4.17. The van der Waals surface area contributed by atoms with Crippen molar-refractivity contribution in [1.82, 2.24) is 5.32 Å². The average Bonchev–Trinajstić information content (AvgIpc) is 2.65. The van der Waals surface area contributed by atoms with Crippen LogP contribution in [0, 0.1) is 0 Å². The molecule has 17 heavy (non-hydrogen) atoms. The first-order valence-corrected chi connectivity index (χ1v) is 5.58. The molecule has 0 saturated carbocycles. The molecule has 1 aromatic rings. The number of carbonyl (C=O) groups is 2. The first-order valence-electron chi connectivity index (χ1n) is 5.20. The Labute approximate surface area is 104 Å². The summed E-state index contributed by atoms with van der Waals surface area (Å²) in [6.45, 7) is 3.30. The van der Waals surface area contributed by atoms with E-state index in [2.05, 4.69) is 5.32 Å². The summed E-state index contributed by atoms with van der Waals surface area (Å²) in [5.41, 5.74) is -1.30. The summed E-state index contributed by atoms with van der Waals surface area (Å²) in [5, 5.41) is 11.6. The van der Waals surface area contributed by atoms with Gasteiger partial charge in [0.2, 0.25) is 0 Å². The molecule has 1 rings (SSSR count). The number of amides is 1. The van der Waals surface area contributed by atoms with Crippen LogP contribution < -0.4 is 5.32 Å². The van der Waals surface area contributed by atoms with Crippen LogP contribution in [0.4, 0.5) is 0 Å². The zero-order valence-corrected chi connectivity index (χ0v) is 10.4. The number of hydrogen-bond donors (Lipinski definition) is 2. The number of aliphatic carboxylic acids is 1. The van der Waals surface area contributed by atoms with Crippen molar-refractivity contribution in [2.45, 2.75) is 32.2 Å². The Morgan fingerprint density at radius 2 is 2.18 bits per heavy atom. The number of carboxylic acid groups (broad SMARTS) is 1. The van der Waals surface area contributed by atoms with Crippen LogP contribution in [0.3, 0.4) is 0 Å². The lowest BCUT2D eigenvalue weighted by atomic mass is 9.96. The van der Waals surface area contributed by atoms with Crippen LogP contribution in [-0.2, 0) is 4.79 Å². The van der Waals surface area contributed by atoms with Crippen LogP contribution in [0.15, 0.2) is 16.5 Å². The van der Waals surface area contributed by atoms with Crippen LogP contribution >= 0.6 is 11.6 Å². The Morgan fingerprint density at radius 1 is 1.53 bits per heavy atom. The van der Waals surface area contributed by atoms with E-state index in [1.165, 1.54) is 19.1 Å². The number of carboxylic acids is 1. The van der Waals surface area contributed by atoms with Crippen LogP contribution in [0.5, 0.6) is 0 Å². The molecule has 1 amide bonds. The molecule has 94 valence electrons. The lowest BCUT2D eigenvalue weighted by Gasteiger charge is -2.25. The first-order chi connectivity index (χ1) is 7.89. The van der Waals surface area contributed by atoms with Gasteiger partial charge < -0.3 is 14.8 Å². The van der Waals surface area contributed by atoms with E-state index < -0.39 is 17.4 Å². The minimum Gasteiger partial charge on any atom is -0.480 e. The number of hydrogen-bond acceptors (Lipinski definition) is 3. The fourth-order valence-corrected chi connectivity index (χ4v) is 1.62. The third-order valence-electron chi connectivity index (χ3n) is 2.41. The highest BCUT2D eigenvalue weighted by Gasteiger charge is 2.34. The quantitative estimate of drug-likeness (QED) is 0.850. The van der Waals surface area contributed by atoms with Gasteiger partial charge in [-0.25, -0.2) is 4.79 Å². The molecule has 2 N–H and O–H groups in total. The standard InChI is InChI=1S/C11H14ClNO4/c1-3-6-11(2,10(15)16)13-9(14)7-4-5-8(12)17-7/h4-5H,3,6H2,1-2H3,(H,13,14)(H,15,16). The summed E-state index contributed by atoms with van der Waals surface area (Å²) in [6.07, 6.45) is 0.977. The fraction of sp³-hybridized carbons (Fsp3) is 0.455. The zero-order chi connectivity index (χ0) is 13.1. The smallest absolute Gasteiger partial charge is 0.329 e. The second-order valence-corrected chi connectivity index (χ2v) is 4.32. The molecule has 1 aromatic heterocycles. The normalized spacial score (nSPS) is 14.1. The van der Waals surface area contributed by atoms with Crippen LogP contribution in [0.25, 0.3) is 0 Å². The predicted molar refractivity (Wildman–Crippen MR) is 62.1 cm³/mol. The van der Waals surface area contributed by atoms with E-state index in [1.807, 2.05) is 6.92 Å². The maximum absolute atomic E-state index is 11.7. The van der Waals surface area contributed by atoms with Crippen molar-refractivity contribution in [2.75, 3.05) is 0 Å². The van der Waals surface area contributed by atoms with Crippen molar-refractivity contribution in [3.63, 3.8) is 0 Å². The van der Waals surface area contributed by atoms with Crippen molar-refractivity contribution in [1.29, 1.82) is 0 Å². The molecule has 0 radical (unpaired) electrons. The van der Waals surface area contributed by atoms with Gasteiger partial charge in [-0.3, -0.25) is 4.79 Å². The number of furan rings is 1. The molecule has 0 aromatic carbocycles. The molecular weight excluding hydrogens is 246 g/mol. The van der Waals surface area contributed by atoms with E-state index in [4.69, 9.17) is 21.1 Å². The number of carbonyl (C=O) groups excluding carboxylic acids is 1. The molecule has 0 aliphatic rings. The van der Waals surface area contributed by atoms with Gasteiger partial charge in [0.1, 0.15) is 5.54 Å². The van der Waals surface area contributed by atoms with Gasteiger partial charge in [0.15, 0.2) is 11.0 Å². The van der Waals surface area contributed by atoms with Crippen molar-refractivity contribution in [3.8, 4) is 0 Å². The maximum Gasteiger partial charge on any atom is 0.329 e. The summed E-state index contributed by atoms with van der Waals surface area (Å²) in [4.78, 5) is 22.8. The lowest BCUT2D eigenvalue weighted by molar-refractivity contribution is -0.144. The van der Waals surface area contributed by atoms with Gasteiger partial charge in [-0.15, -0.1) is 0 Å². The second-order valence-electron chi connectivity index (χ2n) is 3.95. The maximum atomic E-state index is 11.7. The van der Waals surface area contributed by atoms with Crippen LogP contribution in [-0.4, -0.2) is 22.5 Å². The monoisotopic (exact) mass is 259 g/mol. The molecule has 0 aliphatic carbocycles. The van der Waals surface area contributed by atoms with Gasteiger partial charge in [-0.2, -0.15) is 0 Å². The van der Waals surface area contributed by atoms with Gasteiger partial charge in [0, 0.05) is 0 Å². The molecule has 0 bridgehead atoms. The topological polar surface area (TPSA) is 79.5 Å². The first kappa shape index (κ1) is 13.6. The largest absolute Gasteiger partial charge is 0.480 e. The van der Waals surface area contributed by atoms with Crippen molar-refractivity contribution in [3.05, 3.63) is 23.1 Å². The van der Waals surface area contributed by atoms with E-state index in [9.17, 15) is 9.59 Å². The summed E-state index contributed by atoms with van der Waals surface area (Å²) in [6, 6.07) is 2.82. The van der Waals surface area contributed by atoms with E-state index in [0.717, 1.165) is 0 Å². The van der Waals surface area contributed by atoms with Gasteiger partial charge in [-0.1, -0.05) is 13.3 Å². The minimum atomic E-state index is -1.30. The molecule has 1 heterocycles. The molecule has 1 atom stereocenters. The molecule has 0 fully saturated rings. The summed E-state index contributed by atoms with van der Waals surface area (Å²) >= 11 is 5.54. The number of nitrogens with one attached hydrogen (secondary N) is 1. The number of halogens is 1. The van der Waals surface area contributed by atoms with E-state index >= 15 is 0 Å². The molecule has 0 spiro atoms. The molecule has 1 unspecified atom stereocenters. The Morgan fingerprint density at radius 3 is 2.59 bits per heavy atom. The second kappa shape index (κ2) is 5.23. The van der Waals surface area contributed by atoms with Gasteiger partial charge in [0.05, 0.1) is 0 Å². The molecule has 0 saturated heterocycles. The van der Waals surface area contributed by atoms with E-state index in [0.29, 0.717) is 12.8 Å². The highest BCUT2D eigenvalue weighted by molar-refractivity contribution is 6.29. The van der Waals surface area contributed by atoms with E-state index in [-0.39, 0.29) is 11.0 Å². The van der Waals surface area contributed by atoms with Crippen molar-refractivity contribution >= 4 is 23.5 Å². The van der Waals surface area contributed by atoms with Crippen LogP contribution in [0.2, 0.25) is 5.22 Å². The van der Waals surface area contributed by atoms with Crippen LogP contribution in [0.1, 0.15) is 37.2 Å². The zero-order valence-electron chi connectivity index (χ0n) is 9.62.